The Morgan fingerprint density at radius 2 is 1.08 bits per heavy atom. The van der Waals surface area contributed by atoms with Crippen LogP contribution < -0.4 is 10.6 Å². The van der Waals surface area contributed by atoms with Crippen LogP contribution in [0.4, 0.5) is 0 Å². The molecule has 2 fully saturated rings. The fourth-order valence-electron chi connectivity index (χ4n) is 3.63. The Kier molecular flexibility index (Phi) is 10.3. The lowest BCUT2D eigenvalue weighted by Crippen LogP contribution is -2.40. The highest BCUT2D eigenvalue weighted by Gasteiger charge is 2.21. The van der Waals surface area contributed by atoms with E-state index in [1.807, 2.05) is 13.8 Å². The maximum atomic E-state index is 12.3. The van der Waals surface area contributed by atoms with Gasteiger partial charge in [0.05, 0.1) is 0 Å². The first-order valence-electron chi connectivity index (χ1n) is 10.4. The van der Waals surface area contributed by atoms with Gasteiger partial charge in [-0.1, -0.05) is 74.0 Å². The van der Waals surface area contributed by atoms with Gasteiger partial charge in [0.2, 0.25) is 11.8 Å². The molecule has 2 aliphatic rings. The second-order valence-corrected chi connectivity index (χ2v) is 10.6. The third-order valence-electron chi connectivity index (χ3n) is 5.52. The van der Waals surface area contributed by atoms with Gasteiger partial charge in [-0.25, -0.2) is 0 Å². The van der Waals surface area contributed by atoms with E-state index in [1.165, 1.54) is 38.5 Å². The van der Waals surface area contributed by atoms with Gasteiger partial charge in [-0.3, -0.25) is 9.59 Å². The van der Waals surface area contributed by atoms with Crippen LogP contribution in [0.2, 0.25) is 0 Å². The van der Waals surface area contributed by atoms with Crippen molar-refractivity contribution < 1.29 is 9.59 Å². The van der Waals surface area contributed by atoms with Gasteiger partial charge in [-0.15, -0.1) is 0 Å². The molecule has 0 heterocycles. The fourth-order valence-corrected chi connectivity index (χ4v) is 6.34. The summed E-state index contributed by atoms with van der Waals surface area (Å²) in [4.78, 5) is 24.5. The summed E-state index contributed by atoms with van der Waals surface area (Å²) in [5.41, 5.74) is 0. The molecular weight excluding hydrogens is 364 g/mol. The zero-order chi connectivity index (χ0) is 18.8. The molecule has 0 bridgehead atoms. The van der Waals surface area contributed by atoms with E-state index in [0.717, 1.165) is 37.2 Å². The summed E-state index contributed by atoms with van der Waals surface area (Å²) in [6.45, 7) is 4.01. The number of hydrogen-bond acceptors (Lipinski definition) is 4. The monoisotopic (exact) mass is 400 g/mol. The lowest BCUT2D eigenvalue weighted by atomic mass is 9.95. The van der Waals surface area contributed by atoms with Crippen LogP contribution in [0.3, 0.4) is 0 Å². The van der Waals surface area contributed by atoms with Gasteiger partial charge in [0.25, 0.3) is 0 Å². The van der Waals surface area contributed by atoms with Gasteiger partial charge in [-0.05, 0) is 25.7 Å². The van der Waals surface area contributed by atoms with Crippen molar-refractivity contribution in [3.8, 4) is 0 Å². The minimum atomic E-state index is 0.0285. The molecule has 150 valence electrons. The Morgan fingerprint density at radius 1 is 0.731 bits per heavy atom. The van der Waals surface area contributed by atoms with Crippen molar-refractivity contribution in [1.29, 1.82) is 0 Å². The maximum absolute atomic E-state index is 12.3. The zero-order valence-electron chi connectivity index (χ0n) is 16.4. The number of amides is 2. The highest BCUT2D eigenvalue weighted by molar-refractivity contribution is 8.76. The molecule has 0 aliphatic heterocycles. The molecule has 6 heteroatoms. The average Bonchev–Trinajstić information content (AvgIpc) is 2.66. The third kappa shape index (κ3) is 8.12. The molecule has 2 N–H and O–H groups in total. The predicted molar refractivity (Wildman–Crippen MR) is 113 cm³/mol. The van der Waals surface area contributed by atoms with Crippen LogP contribution >= 0.6 is 21.6 Å². The molecule has 2 amide bonds. The Labute approximate surface area is 167 Å². The molecular formula is C20H36N2O2S2. The molecule has 0 aromatic rings. The number of rotatable bonds is 9. The molecule has 2 saturated carbocycles. The molecule has 0 saturated heterocycles. The Balaban J connectivity index is 1.55. The summed E-state index contributed by atoms with van der Waals surface area (Å²) < 4.78 is 0. The topological polar surface area (TPSA) is 58.2 Å². The normalized spacial score (nSPS) is 21.8. The standard InChI is InChI=1S/C20H36N2O2S2/c1-15(19(23)21-17-9-5-3-6-10-17)13-25-26-14-16(2)20(24)22-18-11-7-4-8-12-18/h15-18H,3-14H2,1-2H3,(H,21,23)(H,22,24). The number of hydrogen-bond donors (Lipinski definition) is 2. The average molecular weight is 401 g/mol. The largest absolute Gasteiger partial charge is 0.353 e. The van der Waals surface area contributed by atoms with Crippen molar-refractivity contribution in [2.45, 2.75) is 90.1 Å². The van der Waals surface area contributed by atoms with E-state index in [2.05, 4.69) is 10.6 Å². The molecule has 2 atom stereocenters. The van der Waals surface area contributed by atoms with Crippen LogP contribution in [0.25, 0.3) is 0 Å². The number of carbonyl (C=O) groups is 2. The Bertz CT molecular complexity index is 396. The van der Waals surface area contributed by atoms with Gasteiger partial charge < -0.3 is 10.6 Å². The summed E-state index contributed by atoms with van der Waals surface area (Å²) >= 11 is 0. The quantitative estimate of drug-likeness (QED) is 0.441. The van der Waals surface area contributed by atoms with Gasteiger partial charge in [-0.2, -0.15) is 0 Å². The molecule has 4 nitrogen and oxygen atoms in total. The second kappa shape index (κ2) is 12.2. The molecule has 0 aromatic heterocycles. The smallest absolute Gasteiger partial charge is 0.223 e. The molecule has 0 radical (unpaired) electrons. The van der Waals surface area contributed by atoms with E-state index in [0.29, 0.717) is 12.1 Å². The van der Waals surface area contributed by atoms with E-state index in [4.69, 9.17) is 0 Å². The van der Waals surface area contributed by atoms with Gasteiger partial charge in [0.15, 0.2) is 0 Å². The van der Waals surface area contributed by atoms with E-state index in [-0.39, 0.29) is 23.7 Å². The van der Waals surface area contributed by atoms with Crippen molar-refractivity contribution in [2.24, 2.45) is 11.8 Å². The summed E-state index contributed by atoms with van der Waals surface area (Å²) in [7, 11) is 3.44. The van der Waals surface area contributed by atoms with E-state index in [9.17, 15) is 9.59 Å². The minimum Gasteiger partial charge on any atom is -0.353 e. The molecule has 2 unspecified atom stereocenters. The maximum Gasteiger partial charge on any atom is 0.223 e. The van der Waals surface area contributed by atoms with Crippen LogP contribution in [0, 0.1) is 11.8 Å². The van der Waals surface area contributed by atoms with Crippen LogP contribution in [-0.2, 0) is 9.59 Å². The summed E-state index contributed by atoms with van der Waals surface area (Å²) in [6, 6.07) is 0.778. The third-order valence-corrected chi connectivity index (χ3v) is 8.27. The second-order valence-electron chi connectivity index (χ2n) is 8.06. The van der Waals surface area contributed by atoms with Crippen LogP contribution in [-0.4, -0.2) is 35.4 Å². The summed E-state index contributed by atoms with van der Waals surface area (Å²) in [5.74, 6) is 2.04. The lowest BCUT2D eigenvalue weighted by molar-refractivity contribution is -0.125. The van der Waals surface area contributed by atoms with Crippen molar-refractivity contribution in [1.82, 2.24) is 10.6 Å². The minimum absolute atomic E-state index is 0.0285. The molecule has 0 spiro atoms. The zero-order valence-corrected chi connectivity index (χ0v) is 18.1. The first kappa shape index (κ1) is 21.9. The van der Waals surface area contributed by atoms with E-state index < -0.39 is 0 Å². The van der Waals surface area contributed by atoms with Gasteiger partial charge in [0, 0.05) is 35.4 Å². The Morgan fingerprint density at radius 3 is 1.42 bits per heavy atom. The number of nitrogens with one attached hydrogen (secondary N) is 2. The highest BCUT2D eigenvalue weighted by atomic mass is 33.1. The van der Waals surface area contributed by atoms with Crippen molar-refractivity contribution in [3.63, 3.8) is 0 Å². The van der Waals surface area contributed by atoms with Gasteiger partial charge in [0.1, 0.15) is 0 Å². The molecule has 26 heavy (non-hydrogen) atoms. The highest BCUT2D eigenvalue weighted by Crippen LogP contribution is 2.27. The summed E-state index contributed by atoms with van der Waals surface area (Å²) in [5, 5.41) is 6.41. The Hall–Kier alpha value is -0.360. The van der Waals surface area contributed by atoms with E-state index in [1.54, 1.807) is 21.6 Å². The molecule has 2 aliphatic carbocycles. The van der Waals surface area contributed by atoms with Crippen LogP contribution in [0.15, 0.2) is 0 Å². The van der Waals surface area contributed by atoms with Crippen LogP contribution in [0.5, 0.6) is 0 Å². The first-order chi connectivity index (χ1) is 12.6. The van der Waals surface area contributed by atoms with Crippen molar-refractivity contribution >= 4 is 33.4 Å². The van der Waals surface area contributed by atoms with E-state index >= 15 is 0 Å². The molecule has 2 rings (SSSR count). The van der Waals surface area contributed by atoms with Crippen molar-refractivity contribution in [2.75, 3.05) is 11.5 Å². The lowest BCUT2D eigenvalue weighted by Gasteiger charge is -2.24. The predicted octanol–water partition coefficient (Wildman–Crippen LogP) is 4.54. The van der Waals surface area contributed by atoms with Gasteiger partial charge >= 0.3 is 0 Å². The van der Waals surface area contributed by atoms with Crippen molar-refractivity contribution in [3.05, 3.63) is 0 Å². The van der Waals surface area contributed by atoms with Crippen LogP contribution in [0.1, 0.15) is 78.1 Å². The first-order valence-corrected chi connectivity index (χ1v) is 12.9. The SMILES string of the molecule is CC(CSSCC(C)C(=O)NC1CCCCC1)C(=O)NC1CCCCC1. The summed E-state index contributed by atoms with van der Waals surface area (Å²) in [6.07, 6.45) is 12.1. The number of carbonyl (C=O) groups excluding carboxylic acids is 2. The molecule has 0 aromatic carbocycles. The fraction of sp³-hybridized carbons (Fsp3) is 0.900.